The second kappa shape index (κ2) is 8.62. The van der Waals surface area contributed by atoms with E-state index in [2.05, 4.69) is 19.8 Å². The van der Waals surface area contributed by atoms with E-state index < -0.39 is 27.6 Å². The number of phenols is 1. The van der Waals surface area contributed by atoms with Crippen molar-refractivity contribution in [3.8, 4) is 5.75 Å². The molecule has 154 valence electrons. The van der Waals surface area contributed by atoms with Crippen molar-refractivity contribution in [1.29, 1.82) is 0 Å². The van der Waals surface area contributed by atoms with Crippen LogP contribution in [0.1, 0.15) is 20.7 Å². The summed E-state index contributed by atoms with van der Waals surface area (Å²) >= 11 is 0. The number of carbonyl (C=O) groups excluding carboxylic acids is 2. The van der Waals surface area contributed by atoms with Crippen molar-refractivity contribution in [3.63, 3.8) is 0 Å². The smallest absolute Gasteiger partial charge is 0.341 e. The predicted molar refractivity (Wildman–Crippen MR) is 109 cm³/mol. The first-order valence-corrected chi connectivity index (χ1v) is 10.0. The monoisotopic (exact) mass is 427 g/mol. The van der Waals surface area contributed by atoms with Gasteiger partial charge in [-0.2, -0.15) is 0 Å². The van der Waals surface area contributed by atoms with Crippen molar-refractivity contribution in [2.24, 2.45) is 0 Å². The first kappa shape index (κ1) is 20.8. The SMILES string of the molecule is COC(=O)c1cccc(NC(=O)c2ccc(S(=O)(=O)Nc3ccncc3)cc2)c1O. The minimum absolute atomic E-state index is 0.0129. The number of phenolic OH excluding ortho intramolecular Hbond substituents is 1. The molecule has 0 radical (unpaired) electrons. The number of anilines is 2. The number of aromatic nitrogens is 1. The molecular weight excluding hydrogens is 410 g/mol. The van der Waals surface area contributed by atoms with E-state index in [0.29, 0.717) is 5.69 Å². The van der Waals surface area contributed by atoms with Gasteiger partial charge in [0.25, 0.3) is 15.9 Å². The van der Waals surface area contributed by atoms with Crippen molar-refractivity contribution in [3.05, 3.63) is 78.1 Å². The fourth-order valence-corrected chi connectivity index (χ4v) is 3.59. The van der Waals surface area contributed by atoms with E-state index in [1.807, 2.05) is 0 Å². The molecule has 3 aromatic rings. The second-order valence-electron chi connectivity index (χ2n) is 6.01. The lowest BCUT2D eigenvalue weighted by atomic mass is 10.1. The summed E-state index contributed by atoms with van der Waals surface area (Å²) in [6.07, 6.45) is 2.91. The van der Waals surface area contributed by atoms with Crippen LogP contribution in [0, 0.1) is 0 Å². The number of amides is 1. The Labute approximate surface area is 172 Å². The second-order valence-corrected chi connectivity index (χ2v) is 7.70. The lowest BCUT2D eigenvalue weighted by molar-refractivity contribution is 0.0597. The van der Waals surface area contributed by atoms with Crippen LogP contribution in [0.3, 0.4) is 0 Å². The van der Waals surface area contributed by atoms with Crippen molar-refractivity contribution in [2.75, 3.05) is 17.1 Å². The van der Waals surface area contributed by atoms with Gasteiger partial charge in [-0.15, -0.1) is 0 Å². The van der Waals surface area contributed by atoms with E-state index in [4.69, 9.17) is 0 Å². The number of ether oxygens (including phenoxy) is 1. The van der Waals surface area contributed by atoms with Crippen molar-refractivity contribution in [2.45, 2.75) is 4.90 Å². The summed E-state index contributed by atoms with van der Waals surface area (Å²) in [5, 5.41) is 12.6. The number of methoxy groups -OCH3 is 1. The van der Waals surface area contributed by atoms with Gasteiger partial charge in [0, 0.05) is 18.0 Å². The van der Waals surface area contributed by atoms with Crippen LogP contribution in [-0.4, -0.2) is 37.5 Å². The Hall–Kier alpha value is -3.92. The van der Waals surface area contributed by atoms with Gasteiger partial charge < -0.3 is 15.2 Å². The van der Waals surface area contributed by atoms with Crippen LogP contribution < -0.4 is 10.0 Å². The van der Waals surface area contributed by atoms with E-state index in [-0.39, 0.29) is 21.7 Å². The fraction of sp³-hybridized carbons (Fsp3) is 0.0500. The van der Waals surface area contributed by atoms with Gasteiger partial charge in [0.15, 0.2) is 5.75 Å². The predicted octanol–water partition coefficient (Wildman–Crippen LogP) is 2.63. The molecule has 30 heavy (non-hydrogen) atoms. The maximum Gasteiger partial charge on any atom is 0.341 e. The van der Waals surface area contributed by atoms with Gasteiger partial charge in [0.2, 0.25) is 0 Å². The number of nitrogens with zero attached hydrogens (tertiary/aromatic N) is 1. The van der Waals surface area contributed by atoms with Gasteiger partial charge in [-0.05, 0) is 48.5 Å². The van der Waals surface area contributed by atoms with Gasteiger partial charge in [-0.1, -0.05) is 6.07 Å². The van der Waals surface area contributed by atoms with Crippen LogP contribution >= 0.6 is 0 Å². The minimum atomic E-state index is -3.84. The Kier molecular flexibility index (Phi) is 5.98. The fourth-order valence-electron chi connectivity index (χ4n) is 2.53. The number of carbonyl (C=O) groups is 2. The molecule has 1 heterocycles. The van der Waals surface area contributed by atoms with Crippen molar-refractivity contribution < 1.29 is 27.9 Å². The zero-order valence-corrected chi connectivity index (χ0v) is 16.5. The van der Waals surface area contributed by atoms with Crippen molar-refractivity contribution in [1.82, 2.24) is 4.98 Å². The van der Waals surface area contributed by atoms with Gasteiger partial charge in [0.1, 0.15) is 5.56 Å². The highest BCUT2D eigenvalue weighted by Gasteiger charge is 2.18. The molecule has 1 amide bonds. The summed E-state index contributed by atoms with van der Waals surface area (Å²) in [5.74, 6) is -1.78. The molecule has 0 saturated carbocycles. The largest absolute Gasteiger partial charge is 0.505 e. The zero-order chi connectivity index (χ0) is 21.7. The summed E-state index contributed by atoms with van der Waals surface area (Å²) in [4.78, 5) is 27.9. The molecular formula is C20H17N3O6S. The molecule has 0 bridgehead atoms. The minimum Gasteiger partial charge on any atom is -0.505 e. The van der Waals surface area contributed by atoms with Crippen LogP contribution in [0.4, 0.5) is 11.4 Å². The van der Waals surface area contributed by atoms with Gasteiger partial charge in [-0.25, -0.2) is 13.2 Å². The Morgan fingerprint density at radius 2 is 1.67 bits per heavy atom. The van der Waals surface area contributed by atoms with Crippen LogP contribution in [0.2, 0.25) is 0 Å². The number of benzene rings is 2. The number of para-hydroxylation sites is 1. The van der Waals surface area contributed by atoms with Gasteiger partial charge in [0.05, 0.1) is 23.4 Å². The third-order valence-electron chi connectivity index (χ3n) is 4.05. The zero-order valence-electron chi connectivity index (χ0n) is 15.7. The maximum absolute atomic E-state index is 12.5. The number of esters is 1. The number of hydrogen-bond acceptors (Lipinski definition) is 7. The summed E-state index contributed by atoms with van der Waals surface area (Å²) in [5.41, 5.74) is 0.423. The normalized spacial score (nSPS) is 10.8. The lowest BCUT2D eigenvalue weighted by Gasteiger charge is -2.11. The van der Waals surface area contributed by atoms with Crippen LogP contribution in [0.15, 0.2) is 71.9 Å². The number of hydrogen-bond donors (Lipinski definition) is 3. The van der Waals surface area contributed by atoms with E-state index in [9.17, 15) is 23.1 Å². The van der Waals surface area contributed by atoms with Gasteiger partial charge >= 0.3 is 5.97 Å². The van der Waals surface area contributed by atoms with E-state index in [0.717, 1.165) is 0 Å². The molecule has 0 aliphatic carbocycles. The highest BCUT2D eigenvalue weighted by Crippen LogP contribution is 2.28. The molecule has 0 saturated heterocycles. The molecule has 0 aliphatic rings. The molecule has 3 N–H and O–H groups in total. The summed E-state index contributed by atoms with van der Waals surface area (Å²) < 4.78 is 31.9. The molecule has 2 aromatic carbocycles. The highest BCUT2D eigenvalue weighted by atomic mass is 32.2. The molecule has 0 atom stereocenters. The number of nitrogens with one attached hydrogen (secondary N) is 2. The molecule has 9 nitrogen and oxygen atoms in total. The van der Waals surface area contributed by atoms with Crippen molar-refractivity contribution >= 4 is 33.3 Å². The molecule has 0 fully saturated rings. The molecule has 0 spiro atoms. The van der Waals surface area contributed by atoms with E-state index in [1.54, 1.807) is 0 Å². The number of rotatable bonds is 6. The van der Waals surface area contributed by atoms with E-state index in [1.165, 1.54) is 74.1 Å². The van der Waals surface area contributed by atoms with E-state index >= 15 is 0 Å². The summed E-state index contributed by atoms with van der Waals surface area (Å²) in [6.45, 7) is 0. The average Bonchev–Trinajstić information content (AvgIpc) is 2.75. The quantitative estimate of drug-likeness (QED) is 0.406. The molecule has 0 unspecified atom stereocenters. The van der Waals surface area contributed by atoms with Crippen LogP contribution in [-0.2, 0) is 14.8 Å². The highest BCUT2D eigenvalue weighted by molar-refractivity contribution is 7.92. The topological polar surface area (TPSA) is 135 Å². The Balaban J connectivity index is 1.77. The molecule has 0 aliphatic heterocycles. The Morgan fingerprint density at radius 1 is 1.00 bits per heavy atom. The van der Waals surface area contributed by atoms with Crippen LogP contribution in [0.5, 0.6) is 5.75 Å². The first-order valence-electron chi connectivity index (χ1n) is 8.56. The summed E-state index contributed by atoms with van der Waals surface area (Å²) in [6, 6.07) is 12.5. The third kappa shape index (κ3) is 4.55. The number of aromatic hydroxyl groups is 1. The Morgan fingerprint density at radius 3 is 2.30 bits per heavy atom. The number of pyridine rings is 1. The third-order valence-corrected chi connectivity index (χ3v) is 5.45. The average molecular weight is 427 g/mol. The van der Waals surface area contributed by atoms with Crippen LogP contribution in [0.25, 0.3) is 0 Å². The maximum atomic E-state index is 12.5. The molecule has 10 heteroatoms. The standard InChI is InChI=1S/C20H17N3O6S/c1-29-20(26)16-3-2-4-17(18(16)24)22-19(25)13-5-7-15(8-6-13)30(27,28)23-14-9-11-21-12-10-14/h2-12,24H,1H3,(H,21,23)(H,22,25). The molecule has 3 rings (SSSR count). The molecule has 1 aromatic heterocycles. The van der Waals surface area contributed by atoms with Gasteiger partial charge in [-0.3, -0.25) is 14.5 Å². The first-order chi connectivity index (χ1) is 14.3. The lowest BCUT2D eigenvalue weighted by Crippen LogP contribution is -2.15. The summed E-state index contributed by atoms with van der Waals surface area (Å²) in [7, 11) is -2.67. The Bertz CT molecular complexity index is 1180. The number of sulfonamides is 1.